The van der Waals surface area contributed by atoms with Gasteiger partial charge in [0.05, 0.1) is 23.8 Å². The summed E-state index contributed by atoms with van der Waals surface area (Å²) in [6, 6.07) is 16.1. The zero-order valence-corrected chi connectivity index (χ0v) is 10.4. The van der Waals surface area contributed by atoms with Crippen molar-refractivity contribution < 1.29 is 4.74 Å². The molecule has 3 aromatic rings. The molecule has 0 aliphatic rings. The number of hydrogen-bond acceptors (Lipinski definition) is 2. The fourth-order valence-electron chi connectivity index (χ4n) is 2.22. The number of rotatable bonds is 2. The summed E-state index contributed by atoms with van der Waals surface area (Å²) < 4.78 is 7.41. The van der Waals surface area contributed by atoms with Crippen LogP contribution in [-0.4, -0.2) is 16.7 Å². The minimum absolute atomic E-state index is 0.852. The van der Waals surface area contributed by atoms with E-state index in [-0.39, 0.29) is 0 Å². The molecule has 0 saturated carbocycles. The topological polar surface area (TPSA) is 27.1 Å². The summed E-state index contributed by atoms with van der Waals surface area (Å²) in [5, 5.41) is 0. The maximum absolute atomic E-state index is 5.27. The highest BCUT2D eigenvalue weighted by Crippen LogP contribution is 2.23. The molecule has 0 amide bonds. The van der Waals surface area contributed by atoms with Gasteiger partial charge in [0.1, 0.15) is 11.6 Å². The smallest absolute Gasteiger partial charge is 0.120 e. The highest BCUT2D eigenvalue weighted by atomic mass is 16.5. The van der Waals surface area contributed by atoms with Gasteiger partial charge in [0.15, 0.2) is 0 Å². The predicted molar refractivity (Wildman–Crippen MR) is 72.4 cm³/mol. The molecule has 0 fully saturated rings. The third-order valence-corrected chi connectivity index (χ3v) is 3.04. The molecule has 3 heteroatoms. The summed E-state index contributed by atoms with van der Waals surface area (Å²) in [5.74, 6) is 1.83. The summed E-state index contributed by atoms with van der Waals surface area (Å²) in [5.41, 5.74) is 3.20. The van der Waals surface area contributed by atoms with E-state index >= 15 is 0 Å². The van der Waals surface area contributed by atoms with E-state index in [2.05, 4.69) is 21.7 Å². The normalized spacial score (nSPS) is 10.8. The number of methoxy groups -OCH3 is 1. The lowest BCUT2D eigenvalue weighted by Crippen LogP contribution is -1.97. The second-order valence-corrected chi connectivity index (χ2v) is 4.18. The first-order valence-corrected chi connectivity index (χ1v) is 5.88. The zero-order valence-electron chi connectivity index (χ0n) is 10.4. The lowest BCUT2D eigenvalue weighted by atomic mass is 10.2. The highest BCUT2D eigenvalue weighted by molar-refractivity contribution is 5.78. The van der Waals surface area contributed by atoms with Crippen molar-refractivity contribution in [3.8, 4) is 11.4 Å². The number of ether oxygens (including phenoxy) is 1. The van der Waals surface area contributed by atoms with Gasteiger partial charge in [-0.25, -0.2) is 4.98 Å². The number of benzene rings is 2. The van der Waals surface area contributed by atoms with Gasteiger partial charge >= 0.3 is 0 Å². The molecular weight excluding hydrogens is 224 g/mol. The van der Waals surface area contributed by atoms with Crippen LogP contribution in [0.15, 0.2) is 48.5 Å². The van der Waals surface area contributed by atoms with Crippen molar-refractivity contribution in [2.45, 2.75) is 6.92 Å². The number of hydrogen-bond donors (Lipinski definition) is 0. The van der Waals surface area contributed by atoms with Crippen molar-refractivity contribution in [3.63, 3.8) is 0 Å². The highest BCUT2D eigenvalue weighted by Gasteiger charge is 2.08. The van der Waals surface area contributed by atoms with Crippen LogP contribution >= 0.6 is 0 Å². The van der Waals surface area contributed by atoms with E-state index in [4.69, 9.17) is 4.74 Å². The Morgan fingerprint density at radius 2 is 1.89 bits per heavy atom. The van der Waals surface area contributed by atoms with Crippen molar-refractivity contribution >= 4 is 11.0 Å². The summed E-state index contributed by atoms with van der Waals surface area (Å²) in [4.78, 5) is 4.57. The van der Waals surface area contributed by atoms with E-state index in [9.17, 15) is 0 Å². The van der Waals surface area contributed by atoms with Crippen molar-refractivity contribution in [2.24, 2.45) is 0 Å². The molecule has 0 atom stereocenters. The molecule has 0 spiro atoms. The molecule has 0 N–H and O–H groups in total. The first-order chi connectivity index (χ1) is 8.79. The molecule has 1 aromatic heterocycles. The number of aryl methyl sites for hydroxylation is 1. The van der Waals surface area contributed by atoms with E-state index < -0.39 is 0 Å². The van der Waals surface area contributed by atoms with Crippen molar-refractivity contribution in [2.75, 3.05) is 7.11 Å². The van der Waals surface area contributed by atoms with Crippen molar-refractivity contribution in [1.29, 1.82) is 0 Å². The van der Waals surface area contributed by atoms with Crippen molar-refractivity contribution in [3.05, 3.63) is 54.4 Å². The van der Waals surface area contributed by atoms with Gasteiger partial charge in [-0.1, -0.05) is 18.2 Å². The average molecular weight is 238 g/mol. The average Bonchev–Trinajstić information content (AvgIpc) is 2.74. The number of imidazole rings is 1. The van der Waals surface area contributed by atoms with Gasteiger partial charge in [0.25, 0.3) is 0 Å². The Morgan fingerprint density at radius 1 is 1.06 bits per heavy atom. The monoisotopic (exact) mass is 238 g/mol. The molecule has 0 aliphatic heterocycles. The van der Waals surface area contributed by atoms with Crippen LogP contribution in [0, 0.1) is 6.92 Å². The Morgan fingerprint density at radius 3 is 2.72 bits per heavy atom. The Kier molecular flexibility index (Phi) is 2.52. The van der Waals surface area contributed by atoms with Crippen LogP contribution in [0.2, 0.25) is 0 Å². The maximum atomic E-state index is 5.27. The van der Waals surface area contributed by atoms with E-state index in [1.54, 1.807) is 7.11 Å². The summed E-state index contributed by atoms with van der Waals surface area (Å²) >= 11 is 0. The van der Waals surface area contributed by atoms with Gasteiger partial charge < -0.3 is 4.74 Å². The predicted octanol–water partition coefficient (Wildman–Crippen LogP) is 3.34. The Hall–Kier alpha value is -2.29. The summed E-state index contributed by atoms with van der Waals surface area (Å²) in [6.07, 6.45) is 0. The first-order valence-electron chi connectivity index (χ1n) is 5.88. The maximum Gasteiger partial charge on any atom is 0.120 e. The van der Waals surface area contributed by atoms with Crippen LogP contribution in [-0.2, 0) is 0 Å². The molecular formula is C15H14N2O. The second kappa shape index (κ2) is 4.18. The van der Waals surface area contributed by atoms with Crippen LogP contribution in [0.4, 0.5) is 0 Å². The standard InChI is InChI=1S/C15H14N2O/c1-11-16-14-8-3-4-9-15(14)17(11)12-6-5-7-13(10-12)18-2/h3-10H,1-2H3. The molecule has 1 heterocycles. The minimum atomic E-state index is 0.852. The number of para-hydroxylation sites is 2. The molecule has 18 heavy (non-hydrogen) atoms. The molecule has 0 bridgehead atoms. The molecule has 90 valence electrons. The zero-order chi connectivity index (χ0) is 12.5. The third-order valence-electron chi connectivity index (χ3n) is 3.04. The molecule has 0 saturated heterocycles. The van der Waals surface area contributed by atoms with E-state index in [0.717, 1.165) is 28.3 Å². The lowest BCUT2D eigenvalue weighted by molar-refractivity contribution is 0.414. The summed E-state index contributed by atoms with van der Waals surface area (Å²) in [6.45, 7) is 2.01. The van der Waals surface area contributed by atoms with Gasteiger partial charge in [0, 0.05) is 6.07 Å². The van der Waals surface area contributed by atoms with Crippen molar-refractivity contribution in [1.82, 2.24) is 9.55 Å². The van der Waals surface area contributed by atoms with Gasteiger partial charge in [0.2, 0.25) is 0 Å². The number of nitrogens with zero attached hydrogens (tertiary/aromatic N) is 2. The molecule has 2 aromatic carbocycles. The van der Waals surface area contributed by atoms with E-state index in [0.29, 0.717) is 0 Å². The minimum Gasteiger partial charge on any atom is -0.497 e. The Labute approximate surface area is 106 Å². The van der Waals surface area contributed by atoms with Crippen LogP contribution in [0.5, 0.6) is 5.75 Å². The lowest BCUT2D eigenvalue weighted by Gasteiger charge is -2.08. The molecule has 3 nitrogen and oxygen atoms in total. The van der Waals surface area contributed by atoms with Gasteiger partial charge in [-0.3, -0.25) is 4.57 Å². The molecule has 3 rings (SSSR count). The third kappa shape index (κ3) is 1.64. The SMILES string of the molecule is COc1cccc(-n2c(C)nc3ccccc32)c1. The molecule has 0 aliphatic carbocycles. The van der Waals surface area contributed by atoms with E-state index in [1.807, 2.05) is 43.3 Å². The fraction of sp³-hybridized carbons (Fsp3) is 0.133. The first kappa shape index (κ1) is 10.8. The van der Waals surface area contributed by atoms with Crippen LogP contribution in [0.3, 0.4) is 0 Å². The largest absolute Gasteiger partial charge is 0.497 e. The Bertz CT molecular complexity index is 701. The molecule has 0 unspecified atom stereocenters. The van der Waals surface area contributed by atoms with E-state index in [1.165, 1.54) is 0 Å². The number of aromatic nitrogens is 2. The Balaban J connectivity index is 2.27. The van der Waals surface area contributed by atoms with Crippen LogP contribution in [0.1, 0.15) is 5.82 Å². The quantitative estimate of drug-likeness (QED) is 0.684. The van der Waals surface area contributed by atoms with Gasteiger partial charge in [-0.15, -0.1) is 0 Å². The van der Waals surface area contributed by atoms with Crippen LogP contribution < -0.4 is 4.74 Å². The van der Waals surface area contributed by atoms with Crippen LogP contribution in [0.25, 0.3) is 16.7 Å². The van der Waals surface area contributed by atoms with Gasteiger partial charge in [-0.05, 0) is 31.2 Å². The number of fused-ring (bicyclic) bond motifs is 1. The second-order valence-electron chi connectivity index (χ2n) is 4.18. The fourth-order valence-corrected chi connectivity index (χ4v) is 2.22. The van der Waals surface area contributed by atoms with Gasteiger partial charge in [-0.2, -0.15) is 0 Å². The molecule has 0 radical (unpaired) electrons. The summed E-state index contributed by atoms with van der Waals surface area (Å²) in [7, 11) is 1.68.